The van der Waals surface area contributed by atoms with Crippen LogP contribution in [0.5, 0.6) is 0 Å². The molecule has 1 aliphatic carbocycles. The summed E-state index contributed by atoms with van der Waals surface area (Å²) < 4.78 is 6.47. The second kappa shape index (κ2) is 7.31. The highest BCUT2D eigenvalue weighted by molar-refractivity contribution is 9.10. The van der Waals surface area contributed by atoms with E-state index in [4.69, 9.17) is 4.74 Å². The van der Waals surface area contributed by atoms with Gasteiger partial charge in [-0.15, -0.1) is 0 Å². The van der Waals surface area contributed by atoms with Crippen molar-refractivity contribution in [2.75, 3.05) is 5.32 Å². The molecule has 2 N–H and O–H groups in total. The molecule has 1 aliphatic heterocycles. The summed E-state index contributed by atoms with van der Waals surface area (Å²) in [6.07, 6.45) is 2.16. The fraction of sp³-hybridized carbons (Fsp3) is 0.381. The van der Waals surface area contributed by atoms with E-state index in [9.17, 15) is 4.79 Å². The summed E-state index contributed by atoms with van der Waals surface area (Å²) in [7, 11) is 0. The van der Waals surface area contributed by atoms with Gasteiger partial charge in [-0.2, -0.15) is 0 Å². The number of alkyl carbamates (subject to hydrolysis) is 1. The van der Waals surface area contributed by atoms with E-state index in [0.29, 0.717) is 17.9 Å². The number of rotatable bonds is 4. The highest BCUT2D eigenvalue weighted by atomic mass is 79.9. The molecule has 136 valence electrons. The molecule has 26 heavy (non-hydrogen) atoms. The van der Waals surface area contributed by atoms with E-state index in [1.165, 1.54) is 12.8 Å². The average molecular weight is 415 g/mol. The summed E-state index contributed by atoms with van der Waals surface area (Å²) in [4.78, 5) is 12.5. The van der Waals surface area contributed by atoms with Crippen molar-refractivity contribution in [3.05, 3.63) is 64.1 Å². The Kier molecular flexibility index (Phi) is 4.90. The van der Waals surface area contributed by atoms with Gasteiger partial charge in [-0.1, -0.05) is 53.2 Å². The zero-order valence-electron chi connectivity index (χ0n) is 14.7. The van der Waals surface area contributed by atoms with Gasteiger partial charge in [0.05, 0.1) is 6.04 Å². The van der Waals surface area contributed by atoms with E-state index in [0.717, 1.165) is 21.3 Å². The zero-order chi connectivity index (χ0) is 18.1. The number of halogens is 1. The number of ether oxygens (including phenoxy) is 1. The molecule has 2 aromatic carbocycles. The van der Waals surface area contributed by atoms with Gasteiger partial charge < -0.3 is 15.4 Å². The maximum Gasteiger partial charge on any atom is 0.407 e. The molecule has 3 atom stereocenters. The fourth-order valence-corrected chi connectivity index (χ4v) is 4.21. The normalized spacial score (nSPS) is 24.3. The Bertz CT molecular complexity index is 792. The van der Waals surface area contributed by atoms with Gasteiger partial charge in [0.15, 0.2) is 0 Å². The molecular formula is C21H23BrN2O2. The highest BCUT2D eigenvalue weighted by Gasteiger charge is 2.42. The second-order valence-electron chi connectivity index (χ2n) is 7.28. The molecule has 2 aromatic rings. The first-order valence-electron chi connectivity index (χ1n) is 9.15. The number of anilines is 1. The van der Waals surface area contributed by atoms with Crippen LogP contribution in [0.1, 0.15) is 36.9 Å². The van der Waals surface area contributed by atoms with Gasteiger partial charge >= 0.3 is 6.09 Å². The third kappa shape index (κ3) is 3.73. The summed E-state index contributed by atoms with van der Waals surface area (Å²) in [6.45, 7) is 2.49. The van der Waals surface area contributed by atoms with Gasteiger partial charge in [-0.05, 0) is 48.1 Å². The van der Waals surface area contributed by atoms with Gasteiger partial charge in [-0.25, -0.2) is 4.79 Å². The number of amides is 1. The topological polar surface area (TPSA) is 50.4 Å². The molecule has 1 heterocycles. The SMILES string of the molecule is C[C@@H]1C(NC(=O)OCc2ccccc2)c2cc(Br)ccc2NC1C1CC1. The monoisotopic (exact) mass is 414 g/mol. The third-order valence-corrected chi connectivity index (χ3v) is 5.87. The molecule has 2 aliphatic rings. The van der Waals surface area contributed by atoms with Crippen LogP contribution in [-0.4, -0.2) is 12.1 Å². The maximum absolute atomic E-state index is 12.5. The largest absolute Gasteiger partial charge is 0.445 e. The van der Waals surface area contributed by atoms with Crippen LogP contribution >= 0.6 is 15.9 Å². The van der Waals surface area contributed by atoms with Crippen molar-refractivity contribution < 1.29 is 9.53 Å². The number of carbonyl (C=O) groups excluding carboxylic acids is 1. The lowest BCUT2D eigenvalue weighted by Gasteiger charge is -2.39. The number of nitrogens with one attached hydrogen (secondary N) is 2. The van der Waals surface area contributed by atoms with E-state index in [1.54, 1.807) is 0 Å². The van der Waals surface area contributed by atoms with Crippen LogP contribution in [-0.2, 0) is 11.3 Å². The van der Waals surface area contributed by atoms with Crippen molar-refractivity contribution in [1.82, 2.24) is 5.32 Å². The summed E-state index contributed by atoms with van der Waals surface area (Å²) in [5.41, 5.74) is 3.21. The van der Waals surface area contributed by atoms with Crippen molar-refractivity contribution in [2.24, 2.45) is 11.8 Å². The lowest BCUT2D eigenvalue weighted by molar-refractivity contribution is 0.130. The van der Waals surface area contributed by atoms with Crippen molar-refractivity contribution >= 4 is 27.7 Å². The van der Waals surface area contributed by atoms with E-state index >= 15 is 0 Å². The Morgan fingerprint density at radius 1 is 1.23 bits per heavy atom. The number of benzene rings is 2. The van der Waals surface area contributed by atoms with E-state index in [2.05, 4.69) is 45.6 Å². The minimum atomic E-state index is -0.368. The molecule has 1 saturated carbocycles. The zero-order valence-corrected chi connectivity index (χ0v) is 16.3. The first kappa shape index (κ1) is 17.4. The van der Waals surface area contributed by atoms with Crippen molar-refractivity contribution in [3.8, 4) is 0 Å². The van der Waals surface area contributed by atoms with Gasteiger partial charge in [0.1, 0.15) is 6.61 Å². The van der Waals surface area contributed by atoms with Gasteiger partial charge in [0.25, 0.3) is 0 Å². The summed E-state index contributed by atoms with van der Waals surface area (Å²) >= 11 is 3.55. The fourth-order valence-electron chi connectivity index (χ4n) is 3.83. The lowest BCUT2D eigenvalue weighted by atomic mass is 9.82. The van der Waals surface area contributed by atoms with Gasteiger partial charge in [0, 0.05) is 22.1 Å². The Morgan fingerprint density at radius 3 is 2.73 bits per heavy atom. The van der Waals surface area contributed by atoms with E-state index in [-0.39, 0.29) is 18.7 Å². The predicted molar refractivity (Wildman–Crippen MR) is 106 cm³/mol. The molecule has 1 amide bonds. The van der Waals surface area contributed by atoms with Crippen molar-refractivity contribution in [3.63, 3.8) is 0 Å². The van der Waals surface area contributed by atoms with E-state index < -0.39 is 0 Å². The van der Waals surface area contributed by atoms with Crippen LogP contribution in [0.3, 0.4) is 0 Å². The molecule has 0 radical (unpaired) electrons. The van der Waals surface area contributed by atoms with Crippen LogP contribution in [0, 0.1) is 11.8 Å². The standard InChI is InChI=1S/C21H23BrN2O2/c1-13-19(15-7-8-15)23-18-10-9-16(22)11-17(18)20(13)24-21(25)26-12-14-5-3-2-4-6-14/h2-6,9-11,13,15,19-20,23H,7-8,12H2,1H3,(H,24,25)/t13-,19?,20?/m0/s1. The molecular weight excluding hydrogens is 392 g/mol. The Balaban J connectivity index is 1.50. The van der Waals surface area contributed by atoms with Crippen LogP contribution < -0.4 is 10.6 Å². The number of carbonyl (C=O) groups is 1. The molecule has 1 fully saturated rings. The van der Waals surface area contributed by atoms with Crippen LogP contribution in [0.15, 0.2) is 53.0 Å². The molecule has 0 aromatic heterocycles. The van der Waals surface area contributed by atoms with Crippen LogP contribution in [0.4, 0.5) is 10.5 Å². The van der Waals surface area contributed by atoms with Crippen molar-refractivity contribution in [2.45, 2.75) is 38.5 Å². The molecule has 5 heteroatoms. The number of hydrogen-bond donors (Lipinski definition) is 2. The summed E-state index contributed by atoms with van der Waals surface area (Å²) in [5.74, 6) is 1.00. The second-order valence-corrected chi connectivity index (χ2v) is 8.20. The lowest BCUT2D eigenvalue weighted by Crippen LogP contribution is -2.45. The highest BCUT2D eigenvalue weighted by Crippen LogP contribution is 2.46. The first-order chi connectivity index (χ1) is 12.6. The van der Waals surface area contributed by atoms with Crippen LogP contribution in [0.25, 0.3) is 0 Å². The third-order valence-electron chi connectivity index (χ3n) is 5.38. The first-order valence-corrected chi connectivity index (χ1v) is 9.94. The minimum Gasteiger partial charge on any atom is -0.445 e. The Hall–Kier alpha value is -2.01. The molecule has 0 bridgehead atoms. The molecule has 2 unspecified atom stereocenters. The maximum atomic E-state index is 12.5. The summed E-state index contributed by atoms with van der Waals surface area (Å²) in [5, 5.41) is 6.80. The number of fused-ring (bicyclic) bond motifs is 1. The molecule has 4 rings (SSSR count). The predicted octanol–water partition coefficient (Wildman–Crippen LogP) is 5.26. The molecule has 0 saturated heterocycles. The van der Waals surface area contributed by atoms with Crippen LogP contribution in [0.2, 0.25) is 0 Å². The summed E-state index contributed by atoms with van der Waals surface area (Å²) in [6, 6.07) is 16.3. The van der Waals surface area contributed by atoms with Gasteiger partial charge in [-0.3, -0.25) is 0 Å². The Labute approximate surface area is 162 Å². The van der Waals surface area contributed by atoms with E-state index in [1.807, 2.05) is 36.4 Å². The smallest absolute Gasteiger partial charge is 0.407 e. The number of hydrogen-bond acceptors (Lipinski definition) is 3. The Morgan fingerprint density at radius 2 is 2.00 bits per heavy atom. The van der Waals surface area contributed by atoms with Gasteiger partial charge in [0.2, 0.25) is 0 Å². The molecule has 4 nitrogen and oxygen atoms in total. The molecule has 0 spiro atoms. The van der Waals surface area contributed by atoms with Crippen molar-refractivity contribution in [1.29, 1.82) is 0 Å². The average Bonchev–Trinajstić information content (AvgIpc) is 3.48. The minimum absolute atomic E-state index is 0.0578. The quantitative estimate of drug-likeness (QED) is 0.717.